The number of sulfonamides is 1. The van der Waals surface area contributed by atoms with Crippen LogP contribution in [-0.2, 0) is 21.3 Å². The highest BCUT2D eigenvalue weighted by Crippen LogP contribution is 2.43. The largest absolute Gasteiger partial charge is 0.486 e. The van der Waals surface area contributed by atoms with Gasteiger partial charge in [-0.3, -0.25) is 19.8 Å². The van der Waals surface area contributed by atoms with Crippen molar-refractivity contribution in [3.63, 3.8) is 0 Å². The number of carbonyl (C=O) groups is 1. The van der Waals surface area contributed by atoms with Gasteiger partial charge in [-0.15, -0.1) is 0 Å². The molecule has 14 nitrogen and oxygen atoms in total. The molecule has 0 unspecified atom stereocenters. The summed E-state index contributed by atoms with van der Waals surface area (Å²) in [6.07, 6.45) is 1.64. The molecule has 0 atom stereocenters. The molecule has 0 saturated carbocycles. The Morgan fingerprint density at radius 2 is 1.62 bits per heavy atom. The second-order valence-electron chi connectivity index (χ2n) is 14.8. The predicted molar refractivity (Wildman–Crippen MR) is 228 cm³/mol. The van der Waals surface area contributed by atoms with Crippen molar-refractivity contribution < 1.29 is 37.1 Å². The zero-order valence-electron chi connectivity index (χ0n) is 32.7. The van der Waals surface area contributed by atoms with Gasteiger partial charge in [0.1, 0.15) is 24.7 Å². The molecule has 2 N–H and O–H groups in total. The Morgan fingerprint density at radius 3 is 2.40 bits per heavy atom. The Bertz CT molecular complexity index is 2470. The Hall–Kier alpha value is -5.87. The van der Waals surface area contributed by atoms with Gasteiger partial charge >= 0.3 is 0 Å². The summed E-state index contributed by atoms with van der Waals surface area (Å²) in [5.41, 5.74) is 3.92. The summed E-state index contributed by atoms with van der Waals surface area (Å²) >= 11 is 6.16. The Kier molecular flexibility index (Phi) is 12.4. The van der Waals surface area contributed by atoms with Crippen molar-refractivity contribution in [1.82, 2.24) is 9.62 Å². The standard InChI is InChI=1S/C44H44ClN5O9S/c45-33-10-8-31(9-11-33)36-5-2-1-4-32(36)29-48-18-20-49(21-19-48)34-12-14-37(42(26-34)59-41-7-3-6-40-43(41)58-25-24-57-40)44(51)47-60(54,55)35-13-15-38(39(27-35)50(52)53)46-28-30-16-22-56-23-17-30/h1-15,26-27,30,46H,16-25,28-29H2,(H,47,51). The van der Waals surface area contributed by atoms with E-state index in [0.717, 1.165) is 55.4 Å². The SMILES string of the molecule is O=C(NS(=O)(=O)c1ccc(NCC2CCOCC2)c([N+](=O)[O-])c1)c1ccc(N2CCN(Cc3ccccc3-c3ccc(Cl)cc3)CC2)cc1Oc1cccc2c1OCCO2. The molecule has 8 rings (SSSR count). The number of hydrogen-bond acceptors (Lipinski definition) is 12. The van der Waals surface area contributed by atoms with E-state index < -0.39 is 31.4 Å². The van der Waals surface area contributed by atoms with Gasteiger partial charge in [-0.2, -0.15) is 0 Å². The molecule has 3 aliphatic rings. The lowest BCUT2D eigenvalue weighted by Crippen LogP contribution is -2.46. The van der Waals surface area contributed by atoms with Gasteiger partial charge in [0.2, 0.25) is 5.75 Å². The molecule has 60 heavy (non-hydrogen) atoms. The molecule has 5 aromatic rings. The molecule has 0 bridgehead atoms. The summed E-state index contributed by atoms with van der Waals surface area (Å²) in [6, 6.07) is 29.8. The number of nitro benzene ring substituents is 1. The van der Waals surface area contributed by atoms with Gasteiger partial charge in [-0.05, 0) is 84.0 Å². The molecular formula is C44H44ClN5O9S. The van der Waals surface area contributed by atoms with E-state index in [9.17, 15) is 23.3 Å². The lowest BCUT2D eigenvalue weighted by molar-refractivity contribution is -0.384. The van der Waals surface area contributed by atoms with E-state index in [1.165, 1.54) is 23.8 Å². The van der Waals surface area contributed by atoms with Crippen molar-refractivity contribution in [2.24, 2.45) is 5.92 Å². The molecule has 2 saturated heterocycles. The summed E-state index contributed by atoms with van der Waals surface area (Å²) in [5.74, 6) is 0.490. The Morgan fingerprint density at radius 1 is 0.850 bits per heavy atom. The minimum absolute atomic E-state index is 0.0710. The number of fused-ring (bicyclic) bond motifs is 1. The minimum atomic E-state index is -4.58. The average Bonchev–Trinajstić information content (AvgIpc) is 3.26. The van der Waals surface area contributed by atoms with E-state index in [2.05, 4.69) is 32.0 Å². The molecule has 3 aliphatic heterocycles. The lowest BCUT2D eigenvalue weighted by Gasteiger charge is -2.36. The first-order valence-electron chi connectivity index (χ1n) is 19.8. The number of para-hydroxylation sites is 1. The fourth-order valence-corrected chi connectivity index (χ4v) is 8.73. The van der Waals surface area contributed by atoms with Gasteiger partial charge in [-0.25, -0.2) is 13.1 Å². The molecule has 5 aromatic carbocycles. The summed E-state index contributed by atoms with van der Waals surface area (Å²) in [7, 11) is -4.58. The van der Waals surface area contributed by atoms with Crippen LogP contribution in [0.25, 0.3) is 11.1 Å². The smallest absolute Gasteiger partial charge is 0.293 e. The topological polar surface area (TPSA) is 162 Å². The van der Waals surface area contributed by atoms with Gasteiger partial charge in [0, 0.05) is 75.3 Å². The van der Waals surface area contributed by atoms with Gasteiger partial charge in [0.15, 0.2) is 11.5 Å². The minimum Gasteiger partial charge on any atom is -0.486 e. The molecule has 1 amide bonds. The van der Waals surface area contributed by atoms with Crippen LogP contribution in [0.15, 0.2) is 108 Å². The fourth-order valence-electron chi connectivity index (χ4n) is 7.62. The molecule has 3 heterocycles. The number of benzene rings is 5. The van der Waals surface area contributed by atoms with E-state index in [4.69, 9.17) is 30.5 Å². The number of amides is 1. The first-order valence-corrected chi connectivity index (χ1v) is 21.7. The van der Waals surface area contributed by atoms with E-state index in [1.807, 2.05) is 36.4 Å². The van der Waals surface area contributed by atoms with Crippen LogP contribution in [0.1, 0.15) is 28.8 Å². The molecule has 0 aromatic heterocycles. The second-order valence-corrected chi connectivity index (χ2v) is 16.9. The van der Waals surface area contributed by atoms with Gasteiger partial charge in [-0.1, -0.05) is 54.1 Å². The van der Waals surface area contributed by atoms with Crippen LogP contribution in [0.2, 0.25) is 5.02 Å². The third-order valence-electron chi connectivity index (χ3n) is 10.9. The number of carbonyl (C=O) groups excluding carboxylic acids is 1. The number of halogens is 1. The summed E-state index contributed by atoms with van der Waals surface area (Å²) in [4.78, 5) is 29.5. The monoisotopic (exact) mass is 853 g/mol. The molecule has 16 heteroatoms. The van der Waals surface area contributed by atoms with Crippen molar-refractivity contribution in [3.05, 3.63) is 129 Å². The number of nitrogens with one attached hydrogen (secondary N) is 2. The number of nitrogens with zero attached hydrogens (tertiary/aromatic N) is 3. The van der Waals surface area contributed by atoms with Crippen LogP contribution in [0.5, 0.6) is 23.0 Å². The van der Waals surface area contributed by atoms with Crippen molar-refractivity contribution in [1.29, 1.82) is 0 Å². The van der Waals surface area contributed by atoms with Crippen LogP contribution in [0.3, 0.4) is 0 Å². The van der Waals surface area contributed by atoms with Crippen LogP contribution in [-0.4, -0.2) is 83.3 Å². The maximum absolute atomic E-state index is 13.9. The Balaban J connectivity index is 1.01. The maximum atomic E-state index is 13.9. The van der Waals surface area contributed by atoms with Crippen molar-refractivity contribution in [2.75, 3.05) is 69.4 Å². The number of hydrogen-bond donors (Lipinski definition) is 2. The van der Waals surface area contributed by atoms with Gasteiger partial charge in [0.25, 0.3) is 21.6 Å². The second kappa shape index (κ2) is 18.2. The van der Waals surface area contributed by atoms with Crippen molar-refractivity contribution in [3.8, 4) is 34.1 Å². The summed E-state index contributed by atoms with van der Waals surface area (Å²) < 4.78 is 52.8. The van der Waals surface area contributed by atoms with E-state index in [-0.39, 0.29) is 28.7 Å². The van der Waals surface area contributed by atoms with Crippen LogP contribution in [0.4, 0.5) is 17.1 Å². The fraction of sp³-hybridized carbons (Fsp3) is 0.295. The van der Waals surface area contributed by atoms with Gasteiger partial charge < -0.3 is 29.2 Å². The van der Waals surface area contributed by atoms with E-state index in [1.54, 1.807) is 30.3 Å². The number of piperazine rings is 1. The molecule has 312 valence electrons. The zero-order chi connectivity index (χ0) is 41.6. The Labute approximate surface area is 353 Å². The number of nitro groups is 1. The maximum Gasteiger partial charge on any atom is 0.293 e. The first-order chi connectivity index (χ1) is 29.1. The highest BCUT2D eigenvalue weighted by Gasteiger charge is 2.28. The third kappa shape index (κ3) is 9.44. The number of anilines is 2. The highest BCUT2D eigenvalue weighted by atomic mass is 35.5. The molecule has 2 fully saturated rings. The lowest BCUT2D eigenvalue weighted by atomic mass is 9.99. The number of ether oxygens (including phenoxy) is 4. The van der Waals surface area contributed by atoms with Crippen LogP contribution < -0.4 is 29.1 Å². The summed E-state index contributed by atoms with van der Waals surface area (Å²) in [5, 5.41) is 15.9. The molecular weight excluding hydrogens is 810 g/mol. The van der Waals surface area contributed by atoms with E-state index in [0.29, 0.717) is 62.6 Å². The van der Waals surface area contributed by atoms with Crippen LogP contribution >= 0.6 is 11.6 Å². The first kappa shape index (κ1) is 40.9. The predicted octanol–water partition coefficient (Wildman–Crippen LogP) is 7.76. The van der Waals surface area contributed by atoms with Gasteiger partial charge in [0.05, 0.1) is 15.4 Å². The summed E-state index contributed by atoms with van der Waals surface area (Å²) in [6.45, 7) is 6.02. The van der Waals surface area contributed by atoms with Crippen LogP contribution in [0, 0.1) is 16.0 Å². The van der Waals surface area contributed by atoms with Crippen molar-refractivity contribution >= 4 is 44.6 Å². The third-order valence-corrected chi connectivity index (χ3v) is 12.5. The molecule has 0 radical (unpaired) electrons. The quantitative estimate of drug-likeness (QED) is 0.0877. The molecule has 0 aliphatic carbocycles. The van der Waals surface area contributed by atoms with Crippen molar-refractivity contribution in [2.45, 2.75) is 24.3 Å². The molecule has 0 spiro atoms. The normalized spacial score (nSPS) is 15.9. The van der Waals surface area contributed by atoms with E-state index >= 15 is 0 Å². The zero-order valence-corrected chi connectivity index (χ0v) is 34.3. The average molecular weight is 854 g/mol. The number of rotatable bonds is 13. The highest BCUT2D eigenvalue weighted by molar-refractivity contribution is 7.90.